The van der Waals surface area contributed by atoms with Crippen LogP contribution in [0.25, 0.3) is 39.3 Å². The predicted molar refractivity (Wildman–Crippen MR) is 151 cm³/mol. The Balaban J connectivity index is 1.44. The highest BCUT2D eigenvalue weighted by Gasteiger charge is 2.41. The van der Waals surface area contributed by atoms with Gasteiger partial charge in [-0.2, -0.15) is 10.2 Å². The minimum absolute atomic E-state index is 0.357. The number of H-pyrrole nitrogens is 1. The second-order valence-electron chi connectivity index (χ2n) is 10.9. The molecule has 0 spiro atoms. The number of alkyl carbamates (subject to hydrolysis) is 1. The molecule has 198 valence electrons. The number of hydrogen-bond donors (Lipinski definition) is 2. The van der Waals surface area contributed by atoms with Crippen LogP contribution in [0.15, 0.2) is 73.1 Å². The van der Waals surface area contributed by atoms with Crippen LogP contribution in [0.1, 0.15) is 45.6 Å². The van der Waals surface area contributed by atoms with Crippen LogP contribution in [-0.4, -0.2) is 36.5 Å². The first kappa shape index (κ1) is 25.1. The lowest BCUT2D eigenvalue weighted by molar-refractivity contribution is 0.0377. The van der Waals surface area contributed by atoms with Crippen LogP contribution in [0.5, 0.6) is 0 Å². The maximum atomic E-state index is 12.6. The second-order valence-corrected chi connectivity index (χ2v) is 11.3. The number of nitrogens with zero attached hydrogens (tertiary/aromatic N) is 4. The van der Waals surface area contributed by atoms with Gasteiger partial charge in [0.15, 0.2) is 10.8 Å². The summed E-state index contributed by atoms with van der Waals surface area (Å²) < 4.78 is 7.35. The molecule has 1 amide bonds. The molecule has 0 atom stereocenters. The largest absolute Gasteiger partial charge is 0.444 e. The van der Waals surface area contributed by atoms with E-state index in [-0.39, 0.29) is 0 Å². The summed E-state index contributed by atoms with van der Waals surface area (Å²) in [5, 5.41) is 15.1. The number of nitrogens with one attached hydrogen (secondary N) is 2. The van der Waals surface area contributed by atoms with E-state index in [1.165, 1.54) is 0 Å². The number of amides is 1. The molecule has 0 aliphatic heterocycles. The van der Waals surface area contributed by atoms with Gasteiger partial charge in [-0.05, 0) is 51.7 Å². The number of carbonyl (C=O) groups is 1. The number of ether oxygens (including phenoxy) is 1. The third kappa shape index (κ3) is 4.76. The lowest BCUT2D eigenvalue weighted by atomic mass is 9.71. The van der Waals surface area contributed by atoms with E-state index < -0.39 is 17.2 Å². The highest BCUT2D eigenvalue weighted by Crippen LogP contribution is 2.43. The molecule has 3 heterocycles. The Bertz CT molecular complexity index is 1630. The lowest BCUT2D eigenvalue weighted by Crippen LogP contribution is -2.52. The van der Waals surface area contributed by atoms with Gasteiger partial charge in [-0.25, -0.2) is 14.3 Å². The number of rotatable bonds is 5. The average Bonchev–Trinajstić information content (AvgIpc) is 3.54. The second kappa shape index (κ2) is 9.54. The topological polar surface area (TPSA) is 97.2 Å². The molecule has 3 aromatic heterocycles. The van der Waals surface area contributed by atoms with Crippen molar-refractivity contribution >= 4 is 23.3 Å². The molecular weight excluding hydrogens is 512 g/mol. The summed E-state index contributed by atoms with van der Waals surface area (Å²) in [6, 6.07) is 20.1. The number of carbonyl (C=O) groups excluding carboxylic acids is 1. The number of aromatic nitrogens is 5. The fraction of sp³-hybridized carbons (Fsp3) is 0.267. The number of benzene rings is 2. The van der Waals surface area contributed by atoms with Crippen LogP contribution in [0.2, 0.25) is 5.15 Å². The van der Waals surface area contributed by atoms with E-state index in [0.717, 1.165) is 58.5 Å². The van der Waals surface area contributed by atoms with E-state index in [1.807, 2.05) is 57.3 Å². The zero-order valence-electron chi connectivity index (χ0n) is 22.0. The molecule has 1 saturated carbocycles. The van der Waals surface area contributed by atoms with Crippen LogP contribution in [0.3, 0.4) is 0 Å². The Morgan fingerprint density at radius 1 is 1.05 bits per heavy atom. The van der Waals surface area contributed by atoms with Gasteiger partial charge in [0.1, 0.15) is 11.3 Å². The third-order valence-corrected chi connectivity index (χ3v) is 7.25. The number of halogens is 1. The molecule has 5 aromatic rings. The van der Waals surface area contributed by atoms with Crippen LogP contribution >= 0.6 is 11.6 Å². The van der Waals surface area contributed by atoms with E-state index in [1.54, 1.807) is 16.8 Å². The Kier molecular flexibility index (Phi) is 6.14. The van der Waals surface area contributed by atoms with E-state index >= 15 is 0 Å². The first-order chi connectivity index (χ1) is 18.7. The van der Waals surface area contributed by atoms with Crippen molar-refractivity contribution in [1.82, 2.24) is 30.1 Å². The van der Waals surface area contributed by atoms with Gasteiger partial charge in [0, 0.05) is 28.5 Å². The number of hydrogen-bond acceptors (Lipinski definition) is 5. The minimum atomic E-state index is -0.553. The van der Waals surface area contributed by atoms with E-state index in [2.05, 4.69) is 44.9 Å². The van der Waals surface area contributed by atoms with Crippen molar-refractivity contribution in [1.29, 1.82) is 0 Å². The number of imidazole rings is 1. The normalized spacial score (nSPS) is 14.7. The summed E-state index contributed by atoms with van der Waals surface area (Å²) in [4.78, 5) is 17.7. The van der Waals surface area contributed by atoms with Crippen molar-refractivity contribution in [2.75, 3.05) is 0 Å². The molecule has 2 N–H and O–H groups in total. The zero-order valence-corrected chi connectivity index (χ0v) is 22.8. The van der Waals surface area contributed by atoms with Crippen LogP contribution in [-0.2, 0) is 10.3 Å². The summed E-state index contributed by atoms with van der Waals surface area (Å²) in [6.07, 6.45) is 5.94. The molecule has 0 bridgehead atoms. The number of aromatic amines is 1. The van der Waals surface area contributed by atoms with Gasteiger partial charge in [-0.3, -0.25) is 5.10 Å². The van der Waals surface area contributed by atoms with Gasteiger partial charge >= 0.3 is 6.09 Å². The molecule has 9 heteroatoms. The summed E-state index contributed by atoms with van der Waals surface area (Å²) in [5.74, 6) is 0. The Labute approximate surface area is 231 Å². The molecule has 1 aliphatic carbocycles. The Morgan fingerprint density at radius 2 is 1.79 bits per heavy atom. The van der Waals surface area contributed by atoms with Gasteiger partial charge < -0.3 is 10.1 Å². The smallest absolute Gasteiger partial charge is 0.408 e. The summed E-state index contributed by atoms with van der Waals surface area (Å²) in [5.41, 5.74) is 5.99. The van der Waals surface area contributed by atoms with E-state index in [4.69, 9.17) is 21.3 Å². The molecule has 1 aliphatic rings. The summed E-state index contributed by atoms with van der Waals surface area (Å²) >= 11 is 6.50. The maximum absolute atomic E-state index is 12.6. The first-order valence-electron chi connectivity index (χ1n) is 13.0. The third-order valence-electron chi connectivity index (χ3n) is 7.07. The molecule has 39 heavy (non-hydrogen) atoms. The fourth-order valence-corrected chi connectivity index (χ4v) is 5.31. The minimum Gasteiger partial charge on any atom is -0.444 e. The monoisotopic (exact) mass is 540 g/mol. The van der Waals surface area contributed by atoms with Crippen LogP contribution in [0.4, 0.5) is 4.79 Å². The van der Waals surface area contributed by atoms with Crippen molar-refractivity contribution in [2.24, 2.45) is 0 Å². The first-order valence-corrected chi connectivity index (χ1v) is 13.4. The Morgan fingerprint density at radius 3 is 2.41 bits per heavy atom. The van der Waals surface area contributed by atoms with Gasteiger partial charge in [-0.1, -0.05) is 66.2 Å². The molecule has 1 fully saturated rings. The average molecular weight is 541 g/mol. The highest BCUT2D eigenvalue weighted by atomic mass is 35.5. The number of fused-ring (bicyclic) bond motifs is 1. The van der Waals surface area contributed by atoms with Gasteiger partial charge in [0.25, 0.3) is 0 Å². The summed E-state index contributed by atoms with van der Waals surface area (Å²) in [7, 11) is 0. The van der Waals surface area contributed by atoms with Crippen molar-refractivity contribution < 1.29 is 9.53 Å². The van der Waals surface area contributed by atoms with Gasteiger partial charge in [0.05, 0.1) is 17.4 Å². The van der Waals surface area contributed by atoms with Crippen LogP contribution in [0, 0.1) is 0 Å². The molecule has 0 unspecified atom stereocenters. The van der Waals surface area contributed by atoms with Crippen molar-refractivity contribution in [3.63, 3.8) is 0 Å². The van der Waals surface area contributed by atoms with Crippen molar-refractivity contribution in [3.05, 3.63) is 83.8 Å². The highest BCUT2D eigenvalue weighted by molar-refractivity contribution is 6.29. The maximum Gasteiger partial charge on any atom is 0.408 e. The van der Waals surface area contributed by atoms with Crippen LogP contribution < -0.4 is 5.32 Å². The molecule has 2 aromatic carbocycles. The van der Waals surface area contributed by atoms with E-state index in [0.29, 0.717) is 10.8 Å². The SMILES string of the molecule is CC(C)(C)OC(=O)NC1(c2ccc(-c3nc4c(-c5cn[nH]c5)cc(Cl)nn4c3-c3ccccc3)cc2)CCC1. The summed E-state index contributed by atoms with van der Waals surface area (Å²) in [6.45, 7) is 5.61. The Hall–Kier alpha value is -4.17. The molecule has 0 saturated heterocycles. The fourth-order valence-electron chi connectivity index (χ4n) is 5.12. The van der Waals surface area contributed by atoms with Crippen molar-refractivity contribution in [2.45, 2.75) is 51.2 Å². The molecule has 6 rings (SSSR count). The quantitative estimate of drug-likeness (QED) is 0.250. The van der Waals surface area contributed by atoms with Gasteiger partial charge in [-0.15, -0.1) is 0 Å². The van der Waals surface area contributed by atoms with Gasteiger partial charge in [0.2, 0.25) is 0 Å². The van der Waals surface area contributed by atoms with Crippen molar-refractivity contribution in [3.8, 4) is 33.6 Å². The predicted octanol–water partition coefficient (Wildman–Crippen LogP) is 7.01. The van der Waals surface area contributed by atoms with E-state index in [9.17, 15) is 4.79 Å². The molecule has 8 nitrogen and oxygen atoms in total. The lowest BCUT2D eigenvalue weighted by Gasteiger charge is -2.43. The molecule has 0 radical (unpaired) electrons. The molecular formula is C30H29ClN6O2. The zero-order chi connectivity index (χ0) is 27.2. The standard InChI is InChI=1S/C30H29ClN6O2/c1-29(2,3)39-28(38)35-30(14-7-15-30)22-12-10-19(11-13-22)25-26(20-8-5-4-6-9-20)37-27(34-25)23(16-24(31)36-37)21-17-32-33-18-21/h4-6,8-13,16-18H,7,14-15H2,1-3H3,(H,32,33)(H,35,38).